The number of fused-ring (bicyclic) bond motifs is 2. The third-order valence-corrected chi connectivity index (χ3v) is 7.21. The van der Waals surface area contributed by atoms with Crippen LogP contribution in [0.25, 0.3) is 16.7 Å². The van der Waals surface area contributed by atoms with Crippen molar-refractivity contribution in [2.75, 3.05) is 10.8 Å². The molecule has 0 aliphatic carbocycles. The topological polar surface area (TPSA) is 105 Å². The Hall–Kier alpha value is -3.72. The van der Waals surface area contributed by atoms with Crippen molar-refractivity contribution < 1.29 is 8.42 Å². The first-order valence-corrected chi connectivity index (χ1v) is 11.2. The molecule has 0 amide bonds. The average Bonchev–Trinajstić information content (AvgIpc) is 2.79. The minimum Gasteiger partial charge on any atom is -0.291 e. The minimum atomic E-state index is -3.88. The number of aromatic nitrogens is 3. The zero-order valence-corrected chi connectivity index (χ0v) is 17.2. The molecule has 1 aliphatic heterocycles. The van der Waals surface area contributed by atoms with Crippen molar-refractivity contribution in [3.63, 3.8) is 0 Å². The number of para-hydroxylation sites is 1. The molecule has 4 aromatic rings. The van der Waals surface area contributed by atoms with Gasteiger partial charge in [-0.25, -0.2) is 22.8 Å². The molecule has 0 atom stereocenters. The smallest absolute Gasteiger partial charge is 0.291 e. The van der Waals surface area contributed by atoms with Crippen LogP contribution in [-0.2, 0) is 16.4 Å². The minimum absolute atomic E-state index is 0.0132. The highest BCUT2D eigenvalue weighted by Crippen LogP contribution is 2.32. The predicted octanol–water partition coefficient (Wildman–Crippen LogP) is 2.22. The lowest BCUT2D eigenvalue weighted by Gasteiger charge is -2.30. The Bertz CT molecular complexity index is 1540. The lowest BCUT2D eigenvalue weighted by Crippen LogP contribution is -2.36. The highest BCUT2D eigenvalue weighted by atomic mass is 32.2. The number of aryl methyl sites for hydroxylation is 1. The normalized spacial score (nSPS) is 13.9. The van der Waals surface area contributed by atoms with Crippen molar-refractivity contribution in [3.05, 3.63) is 93.3 Å². The Balaban J connectivity index is 1.65. The van der Waals surface area contributed by atoms with E-state index in [0.717, 1.165) is 16.6 Å². The SMILES string of the molecule is O=c1[nH]c2ncccc2c(=O)n1-c1cccc(S(=O)(=O)N2CCCc3ccccc32)c1. The number of pyridine rings is 1. The molecule has 9 heteroatoms. The van der Waals surface area contributed by atoms with E-state index < -0.39 is 21.3 Å². The van der Waals surface area contributed by atoms with Gasteiger partial charge in [-0.15, -0.1) is 0 Å². The van der Waals surface area contributed by atoms with Crippen LogP contribution in [0.15, 0.2) is 81.3 Å². The number of nitrogens with one attached hydrogen (secondary N) is 1. The molecule has 2 aromatic carbocycles. The quantitative estimate of drug-likeness (QED) is 0.532. The summed E-state index contributed by atoms with van der Waals surface area (Å²) in [5.41, 5.74) is 0.735. The van der Waals surface area contributed by atoms with Gasteiger partial charge in [0.2, 0.25) is 0 Å². The van der Waals surface area contributed by atoms with Gasteiger partial charge in [-0.3, -0.25) is 14.1 Å². The highest BCUT2D eigenvalue weighted by molar-refractivity contribution is 7.92. The first-order valence-electron chi connectivity index (χ1n) is 9.78. The number of rotatable bonds is 3. The summed E-state index contributed by atoms with van der Waals surface area (Å²) in [7, 11) is -3.88. The van der Waals surface area contributed by atoms with Crippen LogP contribution in [0.3, 0.4) is 0 Å². The van der Waals surface area contributed by atoms with Gasteiger partial charge in [0.05, 0.1) is 21.7 Å². The Labute approximate surface area is 177 Å². The Morgan fingerprint density at radius 2 is 1.81 bits per heavy atom. The van der Waals surface area contributed by atoms with Gasteiger partial charge in [0.25, 0.3) is 15.6 Å². The van der Waals surface area contributed by atoms with E-state index in [4.69, 9.17) is 0 Å². The number of nitrogens with zero attached hydrogens (tertiary/aromatic N) is 3. The Morgan fingerprint density at radius 3 is 2.68 bits per heavy atom. The van der Waals surface area contributed by atoms with Crippen molar-refractivity contribution in [3.8, 4) is 5.69 Å². The van der Waals surface area contributed by atoms with E-state index in [0.29, 0.717) is 18.7 Å². The van der Waals surface area contributed by atoms with Crippen LogP contribution in [0.4, 0.5) is 5.69 Å². The lowest BCUT2D eigenvalue weighted by molar-refractivity contribution is 0.586. The second kappa shape index (κ2) is 7.21. The molecule has 5 rings (SSSR count). The summed E-state index contributed by atoms with van der Waals surface area (Å²) in [6.45, 7) is 0.367. The van der Waals surface area contributed by atoms with Gasteiger partial charge in [-0.05, 0) is 54.8 Å². The summed E-state index contributed by atoms with van der Waals surface area (Å²) in [6, 6.07) is 16.5. The van der Waals surface area contributed by atoms with E-state index in [1.807, 2.05) is 18.2 Å². The molecule has 31 heavy (non-hydrogen) atoms. The van der Waals surface area contributed by atoms with Crippen LogP contribution >= 0.6 is 0 Å². The monoisotopic (exact) mass is 434 g/mol. The zero-order chi connectivity index (χ0) is 21.6. The van der Waals surface area contributed by atoms with Crippen LogP contribution in [0.2, 0.25) is 0 Å². The first kappa shape index (κ1) is 19.3. The van der Waals surface area contributed by atoms with Gasteiger partial charge in [0.15, 0.2) is 0 Å². The maximum absolute atomic E-state index is 13.5. The van der Waals surface area contributed by atoms with Gasteiger partial charge < -0.3 is 0 Å². The van der Waals surface area contributed by atoms with Crippen LogP contribution in [0, 0.1) is 0 Å². The van der Waals surface area contributed by atoms with Gasteiger partial charge in [0.1, 0.15) is 5.65 Å². The van der Waals surface area contributed by atoms with Gasteiger partial charge >= 0.3 is 5.69 Å². The molecule has 2 aromatic heterocycles. The van der Waals surface area contributed by atoms with Crippen LogP contribution in [0.5, 0.6) is 0 Å². The molecule has 156 valence electrons. The van der Waals surface area contributed by atoms with Crippen molar-refractivity contribution in [1.29, 1.82) is 0 Å². The van der Waals surface area contributed by atoms with Crippen LogP contribution in [0.1, 0.15) is 12.0 Å². The second-order valence-corrected chi connectivity index (χ2v) is 9.14. The number of aromatic amines is 1. The van der Waals surface area contributed by atoms with Crippen molar-refractivity contribution in [1.82, 2.24) is 14.5 Å². The third kappa shape index (κ3) is 3.14. The summed E-state index contributed by atoms with van der Waals surface area (Å²) in [4.78, 5) is 32.1. The van der Waals surface area contributed by atoms with Crippen LogP contribution in [-0.4, -0.2) is 29.5 Å². The molecular weight excluding hydrogens is 416 g/mol. The molecule has 1 aliphatic rings. The average molecular weight is 434 g/mol. The molecule has 1 N–H and O–H groups in total. The van der Waals surface area contributed by atoms with Crippen molar-refractivity contribution in [2.45, 2.75) is 17.7 Å². The Kier molecular flexibility index (Phi) is 4.48. The molecule has 0 unspecified atom stereocenters. The highest BCUT2D eigenvalue weighted by Gasteiger charge is 2.29. The zero-order valence-electron chi connectivity index (χ0n) is 16.4. The van der Waals surface area contributed by atoms with E-state index in [1.165, 1.54) is 34.8 Å². The molecule has 0 fully saturated rings. The molecule has 0 saturated carbocycles. The fraction of sp³-hybridized carbons (Fsp3) is 0.136. The van der Waals surface area contributed by atoms with E-state index in [9.17, 15) is 18.0 Å². The maximum atomic E-state index is 13.5. The fourth-order valence-corrected chi connectivity index (χ4v) is 5.52. The number of hydrogen-bond donors (Lipinski definition) is 1. The third-order valence-electron chi connectivity index (χ3n) is 5.40. The molecule has 8 nitrogen and oxygen atoms in total. The summed E-state index contributed by atoms with van der Waals surface area (Å²) in [5.74, 6) is 0. The van der Waals surface area contributed by atoms with Gasteiger partial charge in [-0.2, -0.15) is 0 Å². The predicted molar refractivity (Wildman–Crippen MR) is 117 cm³/mol. The molecular formula is C22H18N4O4S. The molecule has 0 bridgehead atoms. The summed E-state index contributed by atoms with van der Waals surface area (Å²) < 4.78 is 29.2. The van der Waals surface area contributed by atoms with E-state index >= 15 is 0 Å². The molecule has 3 heterocycles. The van der Waals surface area contributed by atoms with Gasteiger partial charge in [-0.1, -0.05) is 24.3 Å². The summed E-state index contributed by atoms with van der Waals surface area (Å²) >= 11 is 0. The van der Waals surface area contributed by atoms with Crippen molar-refractivity contribution in [2.24, 2.45) is 0 Å². The number of anilines is 1. The van der Waals surface area contributed by atoms with E-state index in [1.54, 1.807) is 18.2 Å². The van der Waals surface area contributed by atoms with Crippen LogP contribution < -0.4 is 15.6 Å². The largest absolute Gasteiger partial charge is 0.334 e. The second-order valence-electron chi connectivity index (χ2n) is 7.28. The number of sulfonamides is 1. The Morgan fingerprint density at radius 1 is 0.968 bits per heavy atom. The molecule has 0 spiro atoms. The number of benzene rings is 2. The summed E-state index contributed by atoms with van der Waals surface area (Å²) in [6.07, 6.45) is 3.01. The maximum Gasteiger partial charge on any atom is 0.334 e. The molecule has 0 saturated heterocycles. The van der Waals surface area contributed by atoms with Crippen molar-refractivity contribution >= 4 is 26.7 Å². The van der Waals surface area contributed by atoms with Gasteiger partial charge in [0, 0.05) is 12.7 Å². The number of H-pyrrole nitrogens is 1. The standard InChI is InChI=1S/C22H18N4O4S/c27-21-18-10-4-12-23-20(18)24-22(28)26(21)16-8-3-9-17(14-16)31(29,30)25-13-5-7-15-6-1-2-11-19(15)25/h1-4,6,8-12,14H,5,7,13H2,(H,23,24,28). The fourth-order valence-electron chi connectivity index (χ4n) is 3.94. The lowest BCUT2D eigenvalue weighted by atomic mass is 10.0. The van der Waals surface area contributed by atoms with E-state index in [2.05, 4.69) is 9.97 Å². The first-order chi connectivity index (χ1) is 15.0. The molecule has 0 radical (unpaired) electrons. The number of hydrogen-bond acceptors (Lipinski definition) is 5. The van der Waals surface area contributed by atoms with E-state index in [-0.39, 0.29) is 21.6 Å². The summed E-state index contributed by atoms with van der Waals surface area (Å²) in [5, 5.41) is 0.236.